The summed E-state index contributed by atoms with van der Waals surface area (Å²) in [5.74, 6) is 5.02. The lowest BCUT2D eigenvalue weighted by molar-refractivity contribution is 0.966. The van der Waals surface area contributed by atoms with Crippen LogP contribution in [0.25, 0.3) is 0 Å². The summed E-state index contributed by atoms with van der Waals surface area (Å²) < 4.78 is 0. The van der Waals surface area contributed by atoms with Gasteiger partial charge in [0.1, 0.15) is 0 Å². The zero-order valence-electron chi connectivity index (χ0n) is 6.12. The van der Waals surface area contributed by atoms with Crippen LogP contribution in [0, 0.1) is 0 Å². The summed E-state index contributed by atoms with van der Waals surface area (Å²) in [5.41, 5.74) is 3.44. The van der Waals surface area contributed by atoms with Gasteiger partial charge in [0.15, 0.2) is 0 Å². The molecule has 0 saturated heterocycles. The van der Waals surface area contributed by atoms with Gasteiger partial charge < -0.3 is 10.7 Å². The Hall–Kier alpha value is -1.48. The lowest BCUT2D eigenvalue weighted by Gasteiger charge is -1.97. The molecule has 0 aliphatic heterocycles. The topological polar surface area (TPSA) is 50.1 Å². The van der Waals surface area contributed by atoms with Gasteiger partial charge in [0.25, 0.3) is 0 Å². The van der Waals surface area contributed by atoms with Crippen molar-refractivity contribution in [2.75, 3.05) is 5.32 Å². The van der Waals surface area contributed by atoms with E-state index < -0.39 is 0 Å². The lowest BCUT2D eigenvalue weighted by atomic mass is 10.3. The molecule has 0 fully saturated rings. The first-order valence-corrected chi connectivity index (χ1v) is 3.36. The van der Waals surface area contributed by atoms with Crippen molar-refractivity contribution in [3.63, 3.8) is 0 Å². The largest absolute Gasteiger partial charge is 0.360 e. The number of rotatable bonds is 3. The highest BCUT2D eigenvalue weighted by molar-refractivity contribution is 5.44. The van der Waals surface area contributed by atoms with E-state index in [-0.39, 0.29) is 0 Å². The van der Waals surface area contributed by atoms with Gasteiger partial charge in [0.05, 0.1) is 0 Å². The fourth-order valence-corrected chi connectivity index (χ4v) is 0.720. The second-order valence-corrected chi connectivity index (χ2v) is 2.01. The molecule has 0 aliphatic carbocycles. The maximum atomic E-state index is 5.02. The van der Waals surface area contributed by atoms with Gasteiger partial charge in [-0.15, -0.1) is 0 Å². The van der Waals surface area contributed by atoms with Gasteiger partial charge in [-0.25, -0.2) is 0 Å². The molecule has 0 atom stereocenters. The van der Waals surface area contributed by atoms with Gasteiger partial charge in [-0.3, -0.25) is 5.84 Å². The number of hydrazine groups is 1. The Balaban J connectivity index is 2.45. The summed E-state index contributed by atoms with van der Waals surface area (Å²) in [4.78, 5) is 0. The molecule has 3 nitrogen and oxygen atoms in total. The van der Waals surface area contributed by atoms with Crippen LogP contribution in [0.5, 0.6) is 0 Å². The van der Waals surface area contributed by atoms with Crippen LogP contribution in [-0.4, -0.2) is 0 Å². The molecule has 4 N–H and O–H groups in total. The minimum atomic E-state index is 1.04. The van der Waals surface area contributed by atoms with Crippen LogP contribution in [0.1, 0.15) is 0 Å². The Bertz CT molecular complexity index is 218. The number of hydrogen-bond donors (Lipinski definition) is 3. The predicted octanol–water partition coefficient (Wildman–Crippen LogP) is 1.03. The Morgan fingerprint density at radius 1 is 1.09 bits per heavy atom. The van der Waals surface area contributed by atoms with E-state index in [9.17, 15) is 0 Å². The van der Waals surface area contributed by atoms with E-state index in [4.69, 9.17) is 5.84 Å². The molecule has 0 amide bonds. The maximum absolute atomic E-state index is 5.02. The van der Waals surface area contributed by atoms with Crippen molar-refractivity contribution in [1.82, 2.24) is 5.43 Å². The van der Waals surface area contributed by atoms with E-state index in [0.717, 1.165) is 5.69 Å². The van der Waals surface area contributed by atoms with Gasteiger partial charge in [0, 0.05) is 18.1 Å². The molecular formula is C8H11N3. The lowest BCUT2D eigenvalue weighted by Crippen LogP contribution is -2.13. The van der Waals surface area contributed by atoms with Crippen molar-refractivity contribution in [2.24, 2.45) is 5.84 Å². The third kappa shape index (κ3) is 2.73. The zero-order chi connectivity index (χ0) is 7.94. The minimum Gasteiger partial charge on any atom is -0.360 e. The molecule has 0 aliphatic rings. The van der Waals surface area contributed by atoms with Crippen LogP contribution >= 0.6 is 0 Å². The van der Waals surface area contributed by atoms with Gasteiger partial charge in [-0.2, -0.15) is 0 Å². The molecule has 1 rings (SSSR count). The molecule has 0 spiro atoms. The van der Waals surface area contributed by atoms with E-state index in [1.165, 1.54) is 0 Å². The standard InChI is InChI=1S/C8H11N3/c9-11-7-6-10-8-4-2-1-3-5-8/h1-7,10-11H,9H2/b7-6-. The predicted molar refractivity (Wildman–Crippen MR) is 46.5 cm³/mol. The quantitative estimate of drug-likeness (QED) is 0.444. The highest BCUT2D eigenvalue weighted by Gasteiger charge is 1.81. The molecule has 0 saturated carbocycles. The molecule has 1 aromatic carbocycles. The van der Waals surface area contributed by atoms with Gasteiger partial charge in [0.2, 0.25) is 0 Å². The van der Waals surface area contributed by atoms with Crippen LogP contribution in [0.2, 0.25) is 0 Å². The molecule has 11 heavy (non-hydrogen) atoms. The number of nitrogens with one attached hydrogen (secondary N) is 2. The summed E-state index contributed by atoms with van der Waals surface area (Å²) in [6, 6.07) is 9.84. The first-order valence-electron chi connectivity index (χ1n) is 3.36. The summed E-state index contributed by atoms with van der Waals surface area (Å²) >= 11 is 0. The minimum absolute atomic E-state index is 1.04. The second-order valence-electron chi connectivity index (χ2n) is 2.01. The van der Waals surface area contributed by atoms with Crippen LogP contribution in [0.15, 0.2) is 42.7 Å². The van der Waals surface area contributed by atoms with E-state index >= 15 is 0 Å². The third-order valence-corrected chi connectivity index (χ3v) is 1.20. The van der Waals surface area contributed by atoms with Crippen LogP contribution < -0.4 is 16.6 Å². The molecule has 3 heteroatoms. The highest BCUT2D eigenvalue weighted by Crippen LogP contribution is 2.03. The van der Waals surface area contributed by atoms with Gasteiger partial charge >= 0.3 is 0 Å². The van der Waals surface area contributed by atoms with Crippen LogP contribution in [0.3, 0.4) is 0 Å². The smallest absolute Gasteiger partial charge is 0.0380 e. The molecule has 58 valence electrons. The van der Waals surface area contributed by atoms with Crippen molar-refractivity contribution >= 4 is 5.69 Å². The summed E-state index contributed by atoms with van der Waals surface area (Å²) in [6.45, 7) is 0. The van der Waals surface area contributed by atoms with E-state index in [1.54, 1.807) is 12.4 Å². The maximum Gasteiger partial charge on any atom is 0.0380 e. The molecule has 1 aromatic rings. The zero-order valence-corrected chi connectivity index (χ0v) is 6.12. The Labute approximate surface area is 65.9 Å². The fraction of sp³-hybridized carbons (Fsp3) is 0. The normalized spacial score (nSPS) is 9.91. The number of anilines is 1. The molecule has 0 unspecified atom stereocenters. The SMILES string of the molecule is NN/C=C\Nc1ccccc1. The van der Waals surface area contributed by atoms with E-state index in [1.807, 2.05) is 30.3 Å². The number of para-hydroxylation sites is 1. The van der Waals surface area contributed by atoms with Crippen LogP contribution in [-0.2, 0) is 0 Å². The van der Waals surface area contributed by atoms with Gasteiger partial charge in [-0.05, 0) is 12.1 Å². The number of nitrogens with two attached hydrogens (primary N) is 1. The van der Waals surface area contributed by atoms with Crippen molar-refractivity contribution in [1.29, 1.82) is 0 Å². The van der Waals surface area contributed by atoms with Crippen molar-refractivity contribution < 1.29 is 0 Å². The van der Waals surface area contributed by atoms with Crippen molar-refractivity contribution in [3.05, 3.63) is 42.7 Å². The number of benzene rings is 1. The average molecular weight is 149 g/mol. The van der Waals surface area contributed by atoms with Gasteiger partial charge in [-0.1, -0.05) is 18.2 Å². The number of hydrogen-bond acceptors (Lipinski definition) is 3. The van der Waals surface area contributed by atoms with Crippen molar-refractivity contribution in [3.8, 4) is 0 Å². The first-order chi connectivity index (χ1) is 5.43. The third-order valence-electron chi connectivity index (χ3n) is 1.20. The van der Waals surface area contributed by atoms with E-state index in [2.05, 4.69) is 10.7 Å². The molecule has 0 heterocycles. The first kappa shape index (κ1) is 7.63. The summed E-state index contributed by atoms with van der Waals surface area (Å²) in [6.07, 6.45) is 3.35. The van der Waals surface area contributed by atoms with Crippen LogP contribution in [0.4, 0.5) is 5.69 Å². The fourth-order valence-electron chi connectivity index (χ4n) is 0.720. The Kier molecular flexibility index (Phi) is 3.02. The average Bonchev–Trinajstić information content (AvgIpc) is 2.07. The Morgan fingerprint density at radius 2 is 1.82 bits per heavy atom. The second kappa shape index (κ2) is 4.35. The molecular weight excluding hydrogens is 138 g/mol. The monoisotopic (exact) mass is 149 g/mol. The van der Waals surface area contributed by atoms with Crippen molar-refractivity contribution in [2.45, 2.75) is 0 Å². The Morgan fingerprint density at radius 3 is 2.45 bits per heavy atom. The highest BCUT2D eigenvalue weighted by atomic mass is 15.2. The van der Waals surface area contributed by atoms with E-state index in [0.29, 0.717) is 0 Å². The summed E-state index contributed by atoms with van der Waals surface area (Å²) in [7, 11) is 0. The molecule has 0 bridgehead atoms. The summed E-state index contributed by atoms with van der Waals surface area (Å²) in [5, 5.41) is 3.02. The molecule has 0 aromatic heterocycles. The molecule has 0 radical (unpaired) electrons.